The van der Waals surface area contributed by atoms with Crippen LogP contribution in [0.25, 0.3) is 0 Å². The number of imide groups is 1. The Bertz CT molecular complexity index is 656. The van der Waals surface area contributed by atoms with E-state index in [1.54, 1.807) is 24.3 Å². The fourth-order valence-corrected chi connectivity index (χ4v) is 3.63. The highest BCUT2D eigenvalue weighted by atomic mass is 16.2. The van der Waals surface area contributed by atoms with E-state index in [0.29, 0.717) is 17.4 Å². The van der Waals surface area contributed by atoms with Gasteiger partial charge in [-0.25, -0.2) is 4.90 Å². The molecular weight excluding hydrogens is 306 g/mol. The minimum atomic E-state index is -0.345. The predicted molar refractivity (Wildman–Crippen MR) is 91.7 cm³/mol. The molecule has 0 aliphatic carbocycles. The Balaban J connectivity index is 1.77. The van der Waals surface area contributed by atoms with E-state index in [9.17, 15) is 14.4 Å². The van der Waals surface area contributed by atoms with E-state index in [1.165, 1.54) is 18.2 Å². The molecule has 0 saturated carbocycles. The number of rotatable bonds is 3. The highest BCUT2D eigenvalue weighted by Gasteiger charge is 2.44. The Hall–Kier alpha value is -2.21. The van der Waals surface area contributed by atoms with Crippen LogP contribution in [-0.4, -0.2) is 41.2 Å². The zero-order chi connectivity index (χ0) is 17.3. The smallest absolute Gasteiger partial charge is 0.251 e. The third-order valence-electron chi connectivity index (χ3n) is 4.82. The van der Waals surface area contributed by atoms with Crippen molar-refractivity contribution in [1.29, 1.82) is 0 Å². The zero-order valence-corrected chi connectivity index (χ0v) is 14.1. The average molecular weight is 329 g/mol. The first-order valence-electron chi connectivity index (χ1n) is 8.47. The highest BCUT2D eigenvalue weighted by Crippen LogP contribution is 2.30. The molecule has 2 atom stereocenters. The van der Waals surface area contributed by atoms with Crippen LogP contribution in [0.2, 0.25) is 0 Å². The minimum Gasteiger partial charge on any atom is -0.326 e. The molecule has 1 aromatic rings. The van der Waals surface area contributed by atoms with Crippen LogP contribution in [0.4, 0.5) is 11.4 Å². The fourth-order valence-electron chi connectivity index (χ4n) is 3.63. The van der Waals surface area contributed by atoms with Gasteiger partial charge in [0.05, 0.1) is 18.2 Å². The molecule has 0 aromatic heterocycles. The number of nitrogens with zero attached hydrogens (tertiary/aromatic N) is 2. The first-order chi connectivity index (χ1) is 11.5. The Morgan fingerprint density at radius 2 is 1.88 bits per heavy atom. The van der Waals surface area contributed by atoms with Crippen molar-refractivity contribution >= 4 is 29.1 Å². The summed E-state index contributed by atoms with van der Waals surface area (Å²) < 4.78 is 0. The van der Waals surface area contributed by atoms with Crippen LogP contribution in [0.5, 0.6) is 0 Å². The summed E-state index contributed by atoms with van der Waals surface area (Å²) in [4.78, 5) is 39.8. The lowest BCUT2D eigenvalue weighted by Crippen LogP contribution is -2.48. The van der Waals surface area contributed by atoms with Crippen molar-refractivity contribution in [1.82, 2.24) is 4.90 Å². The Morgan fingerprint density at radius 3 is 2.50 bits per heavy atom. The summed E-state index contributed by atoms with van der Waals surface area (Å²) in [5, 5.41) is 2.68. The molecule has 1 aromatic carbocycles. The maximum atomic E-state index is 12.8. The quantitative estimate of drug-likeness (QED) is 0.863. The van der Waals surface area contributed by atoms with E-state index in [1.807, 2.05) is 0 Å². The summed E-state index contributed by atoms with van der Waals surface area (Å²) in [5.74, 6) is -0.452. The molecule has 2 saturated heterocycles. The highest BCUT2D eigenvalue weighted by molar-refractivity contribution is 6.22. The molecule has 6 heteroatoms. The zero-order valence-electron chi connectivity index (χ0n) is 14.1. The Morgan fingerprint density at radius 1 is 1.17 bits per heavy atom. The number of hydrogen-bond donors (Lipinski definition) is 1. The van der Waals surface area contributed by atoms with Gasteiger partial charge in [0.25, 0.3) is 5.91 Å². The molecule has 0 spiro atoms. The topological polar surface area (TPSA) is 69.7 Å². The van der Waals surface area contributed by atoms with Crippen LogP contribution in [0, 0.1) is 0 Å². The second kappa shape index (κ2) is 6.73. The van der Waals surface area contributed by atoms with E-state index in [4.69, 9.17) is 0 Å². The van der Waals surface area contributed by atoms with Gasteiger partial charge in [0.1, 0.15) is 0 Å². The van der Waals surface area contributed by atoms with Gasteiger partial charge in [-0.15, -0.1) is 0 Å². The van der Waals surface area contributed by atoms with E-state index in [2.05, 4.69) is 17.1 Å². The summed E-state index contributed by atoms with van der Waals surface area (Å²) in [5.41, 5.74) is 1.21. The van der Waals surface area contributed by atoms with Gasteiger partial charge in [-0.3, -0.25) is 19.3 Å². The first kappa shape index (κ1) is 16.6. The van der Waals surface area contributed by atoms with Gasteiger partial charge in [0.2, 0.25) is 11.8 Å². The number of anilines is 2. The van der Waals surface area contributed by atoms with E-state index in [-0.39, 0.29) is 30.2 Å². The molecule has 2 aliphatic heterocycles. The van der Waals surface area contributed by atoms with Crippen molar-refractivity contribution in [2.45, 2.75) is 51.6 Å². The molecule has 2 fully saturated rings. The van der Waals surface area contributed by atoms with E-state index in [0.717, 1.165) is 19.4 Å². The third-order valence-corrected chi connectivity index (χ3v) is 4.82. The van der Waals surface area contributed by atoms with Crippen molar-refractivity contribution in [2.24, 2.45) is 0 Å². The van der Waals surface area contributed by atoms with Crippen molar-refractivity contribution in [2.75, 3.05) is 16.8 Å². The molecule has 2 aliphatic rings. The molecule has 0 radical (unpaired) electrons. The number of hydrogen-bond acceptors (Lipinski definition) is 4. The lowest BCUT2D eigenvalue weighted by atomic mass is 10.0. The van der Waals surface area contributed by atoms with Crippen molar-refractivity contribution in [3.8, 4) is 0 Å². The monoisotopic (exact) mass is 329 g/mol. The molecule has 0 unspecified atom stereocenters. The van der Waals surface area contributed by atoms with E-state index >= 15 is 0 Å². The maximum absolute atomic E-state index is 12.8. The average Bonchev–Trinajstić information content (AvgIpc) is 2.83. The molecule has 0 bridgehead atoms. The fraction of sp³-hybridized carbons (Fsp3) is 0.500. The van der Waals surface area contributed by atoms with Gasteiger partial charge in [0, 0.05) is 18.7 Å². The van der Waals surface area contributed by atoms with Gasteiger partial charge in [-0.05, 0) is 50.6 Å². The van der Waals surface area contributed by atoms with Crippen LogP contribution in [0.3, 0.4) is 0 Å². The normalized spacial score (nSPS) is 25.2. The van der Waals surface area contributed by atoms with Gasteiger partial charge < -0.3 is 5.32 Å². The molecule has 2 heterocycles. The SMILES string of the molecule is CC(=O)Nc1ccc(N2C(=O)C[C@@H](N3CCCC[C@@H]3C)C2=O)cc1. The maximum Gasteiger partial charge on any atom is 0.251 e. The summed E-state index contributed by atoms with van der Waals surface area (Å²) in [6.07, 6.45) is 3.58. The predicted octanol–water partition coefficient (Wildman–Crippen LogP) is 2.15. The van der Waals surface area contributed by atoms with Crippen LogP contribution in [0.1, 0.15) is 39.5 Å². The van der Waals surface area contributed by atoms with Crippen molar-refractivity contribution in [3.63, 3.8) is 0 Å². The van der Waals surface area contributed by atoms with Crippen LogP contribution in [0.15, 0.2) is 24.3 Å². The lowest BCUT2D eigenvalue weighted by Gasteiger charge is -2.36. The largest absolute Gasteiger partial charge is 0.326 e. The number of nitrogens with one attached hydrogen (secondary N) is 1. The van der Waals surface area contributed by atoms with E-state index < -0.39 is 0 Å². The summed E-state index contributed by atoms with van der Waals surface area (Å²) in [7, 11) is 0. The second-order valence-corrected chi connectivity index (χ2v) is 6.60. The molecular formula is C18H23N3O3. The molecule has 6 nitrogen and oxygen atoms in total. The minimum absolute atomic E-state index is 0.138. The summed E-state index contributed by atoms with van der Waals surface area (Å²) >= 11 is 0. The standard InChI is InChI=1S/C18H23N3O3/c1-12-5-3-4-10-20(12)16-11-17(23)21(18(16)24)15-8-6-14(7-9-15)19-13(2)22/h6-9,12,16H,3-5,10-11H2,1-2H3,(H,19,22)/t12-,16+/m0/s1. The second-order valence-electron chi connectivity index (χ2n) is 6.60. The number of carbonyl (C=O) groups is 3. The molecule has 128 valence electrons. The lowest BCUT2D eigenvalue weighted by molar-refractivity contribution is -0.123. The van der Waals surface area contributed by atoms with Gasteiger partial charge in [0.15, 0.2) is 0 Å². The number of amides is 3. The van der Waals surface area contributed by atoms with Crippen molar-refractivity contribution in [3.05, 3.63) is 24.3 Å². The van der Waals surface area contributed by atoms with Gasteiger partial charge in [-0.1, -0.05) is 6.42 Å². The molecule has 1 N–H and O–H groups in total. The van der Waals surface area contributed by atoms with Crippen LogP contribution < -0.4 is 10.2 Å². The van der Waals surface area contributed by atoms with Crippen molar-refractivity contribution < 1.29 is 14.4 Å². The first-order valence-corrected chi connectivity index (χ1v) is 8.47. The van der Waals surface area contributed by atoms with Crippen LogP contribution in [-0.2, 0) is 14.4 Å². The van der Waals surface area contributed by atoms with Gasteiger partial charge >= 0.3 is 0 Å². The Kier molecular flexibility index (Phi) is 4.66. The molecule has 3 rings (SSSR count). The molecule has 3 amide bonds. The number of benzene rings is 1. The van der Waals surface area contributed by atoms with Gasteiger partial charge in [-0.2, -0.15) is 0 Å². The number of likely N-dealkylation sites (tertiary alicyclic amines) is 1. The molecule has 24 heavy (non-hydrogen) atoms. The van der Waals surface area contributed by atoms with Crippen LogP contribution >= 0.6 is 0 Å². The summed E-state index contributed by atoms with van der Waals surface area (Å²) in [6.45, 7) is 4.44. The third kappa shape index (κ3) is 3.19. The Labute approximate surface area is 141 Å². The number of carbonyl (C=O) groups excluding carboxylic acids is 3. The number of piperidine rings is 1. The summed E-state index contributed by atoms with van der Waals surface area (Å²) in [6, 6.07) is 6.79.